The molecule has 1 aromatic rings. The van der Waals surface area contributed by atoms with Crippen molar-refractivity contribution in [3.63, 3.8) is 0 Å². The fourth-order valence-electron chi connectivity index (χ4n) is 3.69. The van der Waals surface area contributed by atoms with Crippen LogP contribution in [-0.4, -0.2) is 61.2 Å². The number of amides is 2. The van der Waals surface area contributed by atoms with E-state index in [0.717, 1.165) is 31.7 Å². The Morgan fingerprint density at radius 2 is 2.08 bits per heavy atom. The fraction of sp³-hybridized carbons (Fsp3) is 0.632. The second kappa shape index (κ2) is 8.38. The number of hydrogen-bond acceptors (Lipinski definition) is 3. The first-order valence-corrected chi connectivity index (χ1v) is 9.19. The highest BCUT2D eigenvalue weighted by Gasteiger charge is 2.30. The van der Waals surface area contributed by atoms with Crippen LogP contribution in [0.2, 0.25) is 0 Å². The zero-order chi connectivity index (χ0) is 16.8. The van der Waals surface area contributed by atoms with E-state index in [2.05, 4.69) is 10.2 Å². The number of benzene rings is 1. The minimum absolute atomic E-state index is 0.0598. The van der Waals surface area contributed by atoms with Gasteiger partial charge in [0.05, 0.1) is 6.54 Å². The number of aryl methyl sites for hydroxylation is 1. The van der Waals surface area contributed by atoms with Crippen molar-refractivity contribution in [2.45, 2.75) is 38.6 Å². The van der Waals surface area contributed by atoms with E-state index in [0.29, 0.717) is 19.2 Å². The maximum Gasteiger partial charge on any atom is 0.317 e. The van der Waals surface area contributed by atoms with Crippen LogP contribution < -0.4 is 10.1 Å². The second-order valence-electron chi connectivity index (χ2n) is 6.89. The first kappa shape index (κ1) is 17.1. The Kier molecular flexibility index (Phi) is 5.96. The van der Waals surface area contributed by atoms with Crippen LogP contribution in [0.25, 0.3) is 0 Å². The van der Waals surface area contributed by atoms with Gasteiger partial charge in [-0.05, 0) is 63.4 Å². The number of carbonyl (C=O) groups excluding carboxylic acids is 1. The zero-order valence-electron chi connectivity index (χ0n) is 14.7. The number of nitrogens with zero attached hydrogens (tertiary/aromatic N) is 2. The summed E-state index contributed by atoms with van der Waals surface area (Å²) in [6.07, 6.45) is 4.85. The van der Waals surface area contributed by atoms with Crippen LogP contribution in [0.5, 0.6) is 5.75 Å². The minimum atomic E-state index is 0.0598. The molecule has 1 N–H and O–H groups in total. The minimum Gasteiger partial charge on any atom is -0.492 e. The van der Waals surface area contributed by atoms with Gasteiger partial charge < -0.3 is 19.9 Å². The van der Waals surface area contributed by atoms with E-state index < -0.39 is 0 Å². The second-order valence-corrected chi connectivity index (χ2v) is 6.89. The number of urea groups is 1. The van der Waals surface area contributed by atoms with Crippen molar-refractivity contribution in [2.24, 2.45) is 0 Å². The third-order valence-electron chi connectivity index (χ3n) is 4.94. The molecule has 2 heterocycles. The van der Waals surface area contributed by atoms with E-state index in [4.69, 9.17) is 4.74 Å². The summed E-state index contributed by atoms with van der Waals surface area (Å²) in [7, 11) is 0. The molecule has 2 aliphatic rings. The van der Waals surface area contributed by atoms with Gasteiger partial charge in [-0.25, -0.2) is 4.79 Å². The molecule has 0 bridgehead atoms. The van der Waals surface area contributed by atoms with Crippen LogP contribution in [0.3, 0.4) is 0 Å². The SMILES string of the molecule is Cc1cccc(OCCNC(=O)N2CCC[C@@H]2CN2CCCC2)c1. The average Bonchev–Trinajstić information content (AvgIpc) is 3.24. The number of likely N-dealkylation sites (tertiary alicyclic amines) is 2. The summed E-state index contributed by atoms with van der Waals surface area (Å²) >= 11 is 0. The molecule has 132 valence electrons. The maximum atomic E-state index is 12.4. The summed E-state index contributed by atoms with van der Waals surface area (Å²) in [5.41, 5.74) is 1.18. The number of nitrogens with one attached hydrogen (secondary N) is 1. The van der Waals surface area contributed by atoms with Crippen LogP contribution in [0.15, 0.2) is 24.3 Å². The molecular formula is C19H29N3O2. The molecule has 0 unspecified atom stereocenters. The van der Waals surface area contributed by atoms with Gasteiger partial charge in [-0.3, -0.25) is 0 Å². The topological polar surface area (TPSA) is 44.8 Å². The molecule has 5 nitrogen and oxygen atoms in total. The fourth-order valence-corrected chi connectivity index (χ4v) is 3.69. The number of carbonyl (C=O) groups is 1. The van der Waals surface area contributed by atoms with Crippen molar-refractivity contribution in [2.75, 3.05) is 39.3 Å². The first-order valence-electron chi connectivity index (χ1n) is 9.19. The lowest BCUT2D eigenvalue weighted by atomic mass is 10.2. The van der Waals surface area contributed by atoms with E-state index >= 15 is 0 Å². The molecule has 0 spiro atoms. The Hall–Kier alpha value is -1.75. The summed E-state index contributed by atoms with van der Waals surface area (Å²) in [6.45, 7) is 7.38. The Balaban J connectivity index is 1.39. The van der Waals surface area contributed by atoms with Gasteiger partial charge in [0, 0.05) is 19.1 Å². The van der Waals surface area contributed by atoms with Crippen molar-refractivity contribution in [3.8, 4) is 5.75 Å². The van der Waals surface area contributed by atoms with Gasteiger partial charge in [0.2, 0.25) is 0 Å². The van der Waals surface area contributed by atoms with E-state index in [1.807, 2.05) is 36.1 Å². The smallest absolute Gasteiger partial charge is 0.317 e. The molecule has 2 amide bonds. The van der Waals surface area contributed by atoms with Crippen LogP contribution in [-0.2, 0) is 0 Å². The molecule has 0 radical (unpaired) electrons. The average molecular weight is 331 g/mol. The van der Waals surface area contributed by atoms with Crippen molar-refractivity contribution in [3.05, 3.63) is 29.8 Å². The van der Waals surface area contributed by atoms with Gasteiger partial charge in [-0.2, -0.15) is 0 Å². The lowest BCUT2D eigenvalue weighted by molar-refractivity contribution is 0.173. The lowest BCUT2D eigenvalue weighted by Gasteiger charge is -2.28. The molecule has 2 saturated heterocycles. The quantitative estimate of drug-likeness (QED) is 0.815. The molecule has 0 aromatic heterocycles. The van der Waals surface area contributed by atoms with Crippen LogP contribution in [0, 0.1) is 6.92 Å². The number of hydrogen-bond donors (Lipinski definition) is 1. The molecule has 1 aromatic carbocycles. The largest absolute Gasteiger partial charge is 0.492 e. The standard InChI is InChI=1S/C19H29N3O2/c1-16-6-4-8-18(14-16)24-13-9-20-19(23)22-12-5-7-17(22)15-21-10-2-3-11-21/h4,6,8,14,17H,2-3,5,7,9-13,15H2,1H3,(H,20,23)/t17-/m1/s1. The lowest BCUT2D eigenvalue weighted by Crippen LogP contribution is -2.47. The molecular weight excluding hydrogens is 302 g/mol. The van der Waals surface area contributed by atoms with Gasteiger partial charge in [-0.1, -0.05) is 12.1 Å². The molecule has 5 heteroatoms. The van der Waals surface area contributed by atoms with E-state index in [9.17, 15) is 4.79 Å². The highest BCUT2D eigenvalue weighted by Crippen LogP contribution is 2.20. The Morgan fingerprint density at radius 1 is 1.25 bits per heavy atom. The third kappa shape index (κ3) is 4.63. The van der Waals surface area contributed by atoms with Crippen molar-refractivity contribution in [1.29, 1.82) is 0 Å². The maximum absolute atomic E-state index is 12.4. The van der Waals surface area contributed by atoms with Crippen LogP contribution in [0.1, 0.15) is 31.2 Å². The molecule has 3 rings (SSSR count). The summed E-state index contributed by atoms with van der Waals surface area (Å²) in [6, 6.07) is 8.42. The number of ether oxygens (including phenoxy) is 1. The molecule has 2 aliphatic heterocycles. The highest BCUT2D eigenvalue weighted by atomic mass is 16.5. The van der Waals surface area contributed by atoms with Gasteiger partial charge in [0.25, 0.3) is 0 Å². The normalized spacial score (nSPS) is 21.2. The highest BCUT2D eigenvalue weighted by molar-refractivity contribution is 5.74. The van der Waals surface area contributed by atoms with Crippen molar-refractivity contribution in [1.82, 2.24) is 15.1 Å². The molecule has 0 saturated carbocycles. The first-order chi connectivity index (χ1) is 11.7. The van der Waals surface area contributed by atoms with Crippen LogP contribution in [0.4, 0.5) is 4.79 Å². The zero-order valence-corrected chi connectivity index (χ0v) is 14.7. The van der Waals surface area contributed by atoms with Crippen LogP contribution >= 0.6 is 0 Å². The summed E-state index contributed by atoms with van der Waals surface area (Å²) in [5, 5.41) is 3.01. The predicted molar refractivity (Wildman–Crippen MR) is 95.5 cm³/mol. The van der Waals surface area contributed by atoms with E-state index in [1.54, 1.807) is 0 Å². The summed E-state index contributed by atoms with van der Waals surface area (Å²) in [4.78, 5) is 17.0. The Labute approximate surface area is 145 Å². The van der Waals surface area contributed by atoms with Gasteiger partial charge in [-0.15, -0.1) is 0 Å². The van der Waals surface area contributed by atoms with Crippen molar-refractivity contribution < 1.29 is 9.53 Å². The monoisotopic (exact) mass is 331 g/mol. The van der Waals surface area contributed by atoms with Crippen molar-refractivity contribution >= 4 is 6.03 Å². The molecule has 1 atom stereocenters. The van der Waals surface area contributed by atoms with Gasteiger partial charge >= 0.3 is 6.03 Å². The molecule has 0 aliphatic carbocycles. The Bertz CT molecular complexity index is 543. The predicted octanol–water partition coefficient (Wildman–Crippen LogP) is 2.64. The molecule has 2 fully saturated rings. The molecule has 24 heavy (non-hydrogen) atoms. The van der Waals surface area contributed by atoms with E-state index in [-0.39, 0.29) is 6.03 Å². The van der Waals surface area contributed by atoms with E-state index in [1.165, 1.54) is 31.5 Å². The Morgan fingerprint density at radius 3 is 2.88 bits per heavy atom. The van der Waals surface area contributed by atoms with Gasteiger partial charge in [0.15, 0.2) is 0 Å². The summed E-state index contributed by atoms with van der Waals surface area (Å²) < 4.78 is 5.69. The third-order valence-corrected chi connectivity index (χ3v) is 4.94. The van der Waals surface area contributed by atoms with Gasteiger partial charge in [0.1, 0.15) is 12.4 Å². The number of rotatable bonds is 6. The summed E-state index contributed by atoms with van der Waals surface area (Å²) in [5.74, 6) is 0.859.